The molecule has 0 saturated heterocycles. The Morgan fingerprint density at radius 1 is 0.655 bits per heavy atom. The average molecular weight is 394 g/mol. The molecule has 5 aromatic rings. The van der Waals surface area contributed by atoms with Crippen molar-refractivity contribution in [2.24, 2.45) is 0 Å². The van der Waals surface area contributed by atoms with Gasteiger partial charge in [-0.2, -0.15) is 0 Å². The first-order chi connectivity index (χ1) is 14.2. The van der Waals surface area contributed by atoms with Gasteiger partial charge in [-0.25, -0.2) is 0 Å². The van der Waals surface area contributed by atoms with Crippen molar-refractivity contribution in [3.63, 3.8) is 0 Å². The third-order valence-corrected chi connectivity index (χ3v) is 7.30. The number of ketones is 1. The summed E-state index contributed by atoms with van der Waals surface area (Å²) in [6, 6.07) is 33.5. The van der Waals surface area contributed by atoms with Crippen LogP contribution in [0.15, 0.2) is 102 Å². The van der Waals surface area contributed by atoms with E-state index in [1.54, 1.807) is 0 Å². The predicted octanol–water partition coefficient (Wildman–Crippen LogP) is 6.64. The van der Waals surface area contributed by atoms with Crippen LogP contribution in [0.3, 0.4) is 0 Å². The minimum absolute atomic E-state index is 0.206. The number of benzene rings is 5. The Morgan fingerprint density at radius 2 is 1.24 bits per heavy atom. The molecule has 1 atom stereocenters. The minimum atomic E-state index is -0.206. The zero-order chi connectivity index (χ0) is 19.8. The van der Waals surface area contributed by atoms with Crippen LogP contribution in [0.5, 0.6) is 0 Å². The normalized spacial score (nSPS) is 12.4. The summed E-state index contributed by atoms with van der Waals surface area (Å²) < 4.78 is 0. The molecule has 0 aliphatic rings. The molecular weight excluding hydrogens is 372 g/mol. The molecule has 0 radical (unpaired) electrons. The van der Waals surface area contributed by atoms with Gasteiger partial charge in [0.25, 0.3) is 0 Å². The Balaban J connectivity index is 1.70. The van der Waals surface area contributed by atoms with Crippen LogP contribution in [0, 0.1) is 0 Å². The van der Waals surface area contributed by atoms with Crippen molar-refractivity contribution in [2.45, 2.75) is 4.90 Å². The largest absolute Gasteiger partial charge is 0.289 e. The van der Waals surface area contributed by atoms with Gasteiger partial charge >= 0.3 is 0 Å². The van der Waals surface area contributed by atoms with Gasteiger partial charge < -0.3 is 0 Å². The number of fused-ring (bicyclic) bond motifs is 3. The summed E-state index contributed by atoms with van der Waals surface area (Å²) in [6.45, 7) is 0. The van der Waals surface area contributed by atoms with Gasteiger partial charge in [0, 0.05) is 27.2 Å². The van der Waals surface area contributed by atoms with Crippen LogP contribution < -0.4 is 0 Å². The maximum atomic E-state index is 12.9. The molecule has 0 aliphatic heterocycles. The number of hydrogen-bond donors (Lipinski definition) is 0. The van der Waals surface area contributed by atoms with Gasteiger partial charge in [-0.3, -0.25) is 4.79 Å². The first-order valence-corrected chi connectivity index (χ1v) is 11.6. The molecule has 0 N–H and O–H groups in total. The van der Waals surface area contributed by atoms with Crippen molar-refractivity contribution in [1.82, 2.24) is 0 Å². The Labute approximate surface area is 173 Å². The smallest absolute Gasteiger partial charge is 0.212 e. The van der Waals surface area contributed by atoms with E-state index in [0.717, 1.165) is 5.56 Å². The van der Waals surface area contributed by atoms with Gasteiger partial charge in [0.05, 0.1) is 0 Å². The number of hydrogen-bond acceptors (Lipinski definition) is 1. The lowest BCUT2D eigenvalue weighted by Crippen LogP contribution is -2.16. The summed E-state index contributed by atoms with van der Waals surface area (Å²) >= 11 is 0. The van der Waals surface area contributed by atoms with E-state index >= 15 is 0 Å². The van der Waals surface area contributed by atoms with Gasteiger partial charge in [-0.15, -0.1) is 0 Å². The fourth-order valence-electron chi connectivity index (χ4n) is 4.07. The topological polar surface area (TPSA) is 17.1 Å². The number of carbonyl (C=O) groups excluding carboxylic acids is 1. The van der Waals surface area contributed by atoms with Crippen molar-refractivity contribution in [1.29, 1.82) is 0 Å². The molecule has 0 bridgehead atoms. The van der Waals surface area contributed by atoms with Gasteiger partial charge in [-0.05, 0) is 45.8 Å². The minimum Gasteiger partial charge on any atom is -0.289 e. The van der Waals surface area contributed by atoms with Crippen molar-refractivity contribution in [2.75, 3.05) is 12.0 Å². The third kappa shape index (κ3) is 3.30. The zero-order valence-electron chi connectivity index (χ0n) is 16.3. The highest BCUT2D eigenvalue weighted by Crippen LogP contribution is 2.35. The summed E-state index contributed by atoms with van der Waals surface area (Å²) in [5.74, 6) is 0.734. The van der Waals surface area contributed by atoms with Crippen molar-refractivity contribution in [3.05, 3.63) is 103 Å². The lowest BCUT2D eigenvalue weighted by molar-refractivity contribution is 0.102. The molecule has 0 saturated carbocycles. The molecule has 140 valence electrons. The van der Waals surface area contributed by atoms with E-state index in [9.17, 15) is 4.79 Å². The summed E-state index contributed by atoms with van der Waals surface area (Å²) in [5, 5.41) is 7.47. The fourth-order valence-corrected chi connectivity index (χ4v) is 5.89. The van der Waals surface area contributed by atoms with Gasteiger partial charge in [0.2, 0.25) is 5.78 Å². The van der Waals surface area contributed by atoms with E-state index in [2.05, 4.69) is 73.0 Å². The van der Waals surface area contributed by atoms with Crippen LogP contribution in [0.4, 0.5) is 0 Å². The van der Waals surface area contributed by atoms with Gasteiger partial charge in [0.15, 0.2) is 10.6 Å². The van der Waals surface area contributed by atoms with Crippen molar-refractivity contribution < 1.29 is 4.79 Å². The maximum Gasteiger partial charge on any atom is 0.212 e. The highest BCUT2D eigenvalue weighted by molar-refractivity contribution is 7.97. The molecule has 0 spiro atoms. The second-order valence-corrected chi connectivity index (χ2v) is 9.39. The van der Waals surface area contributed by atoms with Crippen molar-refractivity contribution in [3.8, 4) is 0 Å². The van der Waals surface area contributed by atoms with Crippen LogP contribution in [-0.4, -0.2) is 17.8 Å². The average Bonchev–Trinajstić information content (AvgIpc) is 2.76. The highest BCUT2D eigenvalue weighted by atomic mass is 32.2. The van der Waals surface area contributed by atoms with Crippen LogP contribution in [0.1, 0.15) is 10.4 Å². The predicted molar refractivity (Wildman–Crippen MR) is 126 cm³/mol. The number of carbonyl (C=O) groups is 1. The first kappa shape index (κ1) is 18.0. The molecule has 0 amide bonds. The Morgan fingerprint density at radius 3 is 2.00 bits per heavy atom. The maximum absolute atomic E-state index is 12.9. The van der Waals surface area contributed by atoms with E-state index in [0.29, 0.717) is 5.75 Å². The molecule has 0 aromatic heterocycles. The van der Waals surface area contributed by atoms with Gasteiger partial charge in [0.1, 0.15) is 6.26 Å². The van der Waals surface area contributed by atoms with Crippen LogP contribution >= 0.6 is 0 Å². The number of rotatable bonds is 4. The second kappa shape index (κ2) is 7.38. The summed E-state index contributed by atoms with van der Waals surface area (Å²) in [7, 11) is -0.206. The molecule has 0 heterocycles. The zero-order valence-corrected chi connectivity index (χ0v) is 17.1. The highest BCUT2D eigenvalue weighted by Gasteiger charge is 2.26. The van der Waals surface area contributed by atoms with Crippen LogP contribution in [-0.2, 0) is 10.9 Å². The molecule has 1 unspecified atom stereocenters. The molecule has 0 aliphatic carbocycles. The molecule has 5 aromatic carbocycles. The summed E-state index contributed by atoms with van der Waals surface area (Å²) in [6.07, 6.45) is 2.21. The molecular formula is C27H21OS+. The summed E-state index contributed by atoms with van der Waals surface area (Å²) in [4.78, 5) is 14.2. The third-order valence-electron chi connectivity index (χ3n) is 5.47. The quantitative estimate of drug-likeness (QED) is 0.190. The number of Topliss-reactive ketones (excluding diaryl/α,β-unsaturated/α-hetero) is 1. The van der Waals surface area contributed by atoms with E-state index in [4.69, 9.17) is 0 Å². The van der Waals surface area contributed by atoms with Crippen LogP contribution in [0.25, 0.3) is 32.3 Å². The molecule has 0 fully saturated rings. The molecule has 1 nitrogen and oxygen atoms in total. The first-order valence-electron chi connectivity index (χ1n) is 9.76. The Bertz CT molecular complexity index is 1350. The fraction of sp³-hybridized carbons (Fsp3) is 0.0741. The lowest BCUT2D eigenvalue weighted by Gasteiger charge is -2.12. The van der Waals surface area contributed by atoms with E-state index in [-0.39, 0.29) is 16.7 Å². The van der Waals surface area contributed by atoms with Gasteiger partial charge in [-0.1, -0.05) is 72.8 Å². The SMILES string of the molecule is C[S+](CC(=O)c1ccccc1)c1c2ccccc2cc2cc3ccccc3cc12. The molecule has 29 heavy (non-hydrogen) atoms. The Hall–Kier alpha value is -3.10. The molecule has 2 heteroatoms. The lowest BCUT2D eigenvalue weighted by atomic mass is 10.00. The molecule has 5 rings (SSSR count). The van der Waals surface area contributed by atoms with E-state index in [1.807, 2.05) is 30.3 Å². The van der Waals surface area contributed by atoms with E-state index < -0.39 is 0 Å². The van der Waals surface area contributed by atoms with Crippen molar-refractivity contribution >= 4 is 49.0 Å². The standard InChI is InChI=1S/C27H21OS/c1-29(18-26(28)19-9-3-2-4-10-19)27-24-14-8-7-13-22(24)16-23-15-20-11-5-6-12-21(20)17-25(23)27/h2-17H,18H2,1H3/q+1. The Kier molecular flexibility index (Phi) is 4.57. The van der Waals surface area contributed by atoms with E-state index in [1.165, 1.54) is 37.2 Å². The summed E-state index contributed by atoms with van der Waals surface area (Å²) in [5.41, 5.74) is 0.793. The second-order valence-electron chi connectivity index (χ2n) is 7.42. The monoisotopic (exact) mass is 393 g/mol. The van der Waals surface area contributed by atoms with Crippen LogP contribution in [0.2, 0.25) is 0 Å².